The molecule has 0 saturated carbocycles. The molecule has 47 heavy (non-hydrogen) atoms. The SMILES string of the molecule is C[C@@H](O)[C@H]1C(=O)N2C(C(=O)O)=C(SCCN=CN)C[C@H]12.C[C@H]1COc2c(N3CCN(C)CC3)c(F)cc3c(=O)c(C(=O)O)cn1c23.O. The molecule has 7 N–H and O–H groups in total. The Kier molecular flexibility index (Phi) is 10.8. The molecule has 6 rings (SSSR count). The number of piperazine rings is 1. The Morgan fingerprint density at radius 3 is 2.49 bits per heavy atom. The topological polar surface area (TPSA) is 223 Å². The van der Waals surface area contributed by atoms with Crippen LogP contribution in [0.4, 0.5) is 10.1 Å². The highest BCUT2D eigenvalue weighted by molar-refractivity contribution is 8.03. The van der Waals surface area contributed by atoms with Crippen LogP contribution in [0.25, 0.3) is 10.9 Å². The smallest absolute Gasteiger partial charge is 0.353 e. The largest absolute Gasteiger partial charge is 0.487 e. The van der Waals surface area contributed by atoms with Crippen LogP contribution < -0.4 is 20.8 Å². The first-order valence-electron chi connectivity index (χ1n) is 14.9. The number of halogens is 1. The number of aromatic carboxylic acids is 1. The normalized spacial score (nSPS) is 22.7. The third kappa shape index (κ3) is 6.52. The Morgan fingerprint density at radius 2 is 1.89 bits per heavy atom. The van der Waals surface area contributed by atoms with Crippen LogP contribution in [0, 0.1) is 11.7 Å². The molecule has 0 unspecified atom stereocenters. The first-order chi connectivity index (χ1) is 21.9. The predicted octanol–water partition coefficient (Wildman–Crippen LogP) is 0.334. The van der Waals surface area contributed by atoms with Crippen LogP contribution in [-0.2, 0) is 9.59 Å². The van der Waals surface area contributed by atoms with Gasteiger partial charge in [-0.2, -0.15) is 0 Å². The number of aliphatic hydroxyl groups is 1. The van der Waals surface area contributed by atoms with E-state index in [2.05, 4.69) is 9.89 Å². The summed E-state index contributed by atoms with van der Waals surface area (Å²) in [7, 11) is 2.02. The lowest BCUT2D eigenvalue weighted by atomic mass is 9.83. The Balaban J connectivity index is 0.000000216. The van der Waals surface area contributed by atoms with Crippen LogP contribution in [0.3, 0.4) is 0 Å². The number of benzene rings is 1. The third-order valence-electron chi connectivity index (χ3n) is 8.68. The van der Waals surface area contributed by atoms with Gasteiger partial charge in [-0.3, -0.25) is 14.6 Å². The number of pyridine rings is 1. The summed E-state index contributed by atoms with van der Waals surface area (Å²) in [5, 5.41) is 28.2. The fraction of sp³-hybridized carbons (Fsp3) is 0.500. The van der Waals surface area contributed by atoms with E-state index in [1.54, 1.807) is 11.5 Å². The second-order valence-corrected chi connectivity index (χ2v) is 12.9. The summed E-state index contributed by atoms with van der Waals surface area (Å²) in [6, 6.07) is 0.766. The number of β-lactam (4-membered cyclic amide) rings is 1. The van der Waals surface area contributed by atoms with Gasteiger partial charge in [-0.05, 0) is 27.0 Å². The zero-order valence-corrected chi connectivity index (χ0v) is 27.0. The number of carbonyl (C=O) groups excluding carboxylic acids is 1. The quantitative estimate of drug-likeness (QED) is 0.128. The van der Waals surface area contributed by atoms with Crippen molar-refractivity contribution in [1.29, 1.82) is 0 Å². The molecule has 4 aliphatic heterocycles. The number of aliphatic hydroxyl groups excluding tert-OH is 1. The van der Waals surface area contributed by atoms with Gasteiger partial charge >= 0.3 is 11.9 Å². The molecule has 0 aliphatic carbocycles. The first kappa shape index (κ1) is 35.7. The van der Waals surface area contributed by atoms with E-state index >= 15 is 0 Å². The van der Waals surface area contributed by atoms with E-state index in [0.29, 0.717) is 53.7 Å². The number of amides is 1. The molecule has 2 aromatic rings. The van der Waals surface area contributed by atoms with E-state index < -0.39 is 35.2 Å². The molecule has 17 heteroatoms. The van der Waals surface area contributed by atoms with Gasteiger partial charge in [0.15, 0.2) is 11.6 Å². The standard InChI is InChI=1S/C18H20FN3O4.C12H17N3O4S.H2O/c1-10-9-26-17-14-11(16(23)12(18(24)25)8-22(10)14)7-13(19)15(17)21-5-3-20(2)4-6-21;1-6(16)9-7-4-8(20-3-2-14-5-13)10(12(18)19)15(7)11(9)17;/h7-8,10H,3-6,9H2,1-2H3,(H,24,25);5-7,9,16H,2-4H2,1H3,(H2,13,14)(H,18,19);1H2/t10-;6-,7-,9-;/m01./s1. The predicted molar refractivity (Wildman–Crippen MR) is 174 cm³/mol. The Labute approximate surface area is 273 Å². The Morgan fingerprint density at radius 1 is 1.21 bits per heavy atom. The number of aliphatic imine (C=N–C) groups is 1. The van der Waals surface area contributed by atoms with Gasteiger partial charge in [0.25, 0.3) is 0 Å². The number of rotatable bonds is 8. The highest BCUT2D eigenvalue weighted by atomic mass is 32.2. The maximum Gasteiger partial charge on any atom is 0.353 e. The summed E-state index contributed by atoms with van der Waals surface area (Å²) in [6.45, 7) is 7.13. The maximum absolute atomic E-state index is 15.0. The minimum atomic E-state index is -1.32. The molecule has 2 fully saturated rings. The number of likely N-dealkylation sites (N-methyl/N-ethyl adjacent to an activating group) is 1. The van der Waals surface area contributed by atoms with Gasteiger partial charge in [-0.1, -0.05) is 0 Å². The van der Waals surface area contributed by atoms with E-state index in [9.17, 15) is 38.9 Å². The highest BCUT2D eigenvalue weighted by Gasteiger charge is 2.56. The number of anilines is 1. The van der Waals surface area contributed by atoms with Crippen molar-refractivity contribution in [3.05, 3.63) is 44.5 Å². The van der Waals surface area contributed by atoms with Crippen molar-refractivity contribution in [2.24, 2.45) is 16.6 Å². The van der Waals surface area contributed by atoms with E-state index in [-0.39, 0.29) is 46.7 Å². The second-order valence-electron chi connectivity index (χ2n) is 11.7. The van der Waals surface area contributed by atoms with Crippen molar-refractivity contribution in [3.8, 4) is 5.75 Å². The molecule has 4 aliphatic rings. The average Bonchev–Trinajstić information content (AvgIpc) is 3.33. The zero-order chi connectivity index (χ0) is 33.4. The number of thioether (sulfide) groups is 1. The van der Waals surface area contributed by atoms with Crippen LogP contribution in [0.2, 0.25) is 0 Å². The summed E-state index contributed by atoms with van der Waals surface area (Å²) in [5.41, 5.74) is 4.96. The van der Waals surface area contributed by atoms with Crippen molar-refractivity contribution < 1.29 is 44.3 Å². The van der Waals surface area contributed by atoms with Crippen LogP contribution in [0.15, 0.2) is 32.7 Å². The van der Waals surface area contributed by atoms with Gasteiger partial charge in [-0.15, -0.1) is 11.8 Å². The fourth-order valence-corrected chi connectivity index (χ4v) is 7.40. The number of fused-ring (bicyclic) bond motifs is 1. The van der Waals surface area contributed by atoms with Crippen molar-refractivity contribution in [2.45, 2.75) is 38.5 Å². The highest BCUT2D eigenvalue weighted by Crippen LogP contribution is 2.47. The van der Waals surface area contributed by atoms with Gasteiger partial charge in [0.2, 0.25) is 11.3 Å². The van der Waals surface area contributed by atoms with E-state index in [1.807, 2.05) is 18.9 Å². The molecule has 4 atom stereocenters. The van der Waals surface area contributed by atoms with Gasteiger partial charge in [0, 0.05) is 49.5 Å². The Hall–Kier alpha value is -4.19. The molecule has 256 valence electrons. The number of carboxylic acids is 2. The molecule has 15 nitrogen and oxygen atoms in total. The second kappa shape index (κ2) is 14.3. The summed E-state index contributed by atoms with van der Waals surface area (Å²) in [6.07, 6.45) is 2.28. The molecule has 0 radical (unpaired) electrons. The molecular weight excluding hydrogens is 639 g/mol. The van der Waals surface area contributed by atoms with E-state index in [1.165, 1.54) is 29.2 Å². The molecule has 1 aromatic carbocycles. The zero-order valence-electron chi connectivity index (χ0n) is 26.2. The molecule has 1 aromatic heterocycles. The van der Waals surface area contributed by atoms with Crippen molar-refractivity contribution in [1.82, 2.24) is 14.4 Å². The van der Waals surface area contributed by atoms with Crippen molar-refractivity contribution >= 4 is 52.5 Å². The molecule has 1 amide bonds. The maximum atomic E-state index is 15.0. The summed E-state index contributed by atoms with van der Waals surface area (Å²) in [5.74, 6) is -2.84. The first-order valence-corrected chi connectivity index (χ1v) is 15.9. The van der Waals surface area contributed by atoms with E-state index in [4.69, 9.17) is 10.5 Å². The van der Waals surface area contributed by atoms with Crippen molar-refractivity contribution in [2.75, 3.05) is 57.0 Å². The van der Waals surface area contributed by atoms with E-state index in [0.717, 1.165) is 19.2 Å². The van der Waals surface area contributed by atoms with Crippen LogP contribution >= 0.6 is 11.8 Å². The van der Waals surface area contributed by atoms with Crippen LogP contribution in [0.5, 0.6) is 5.75 Å². The number of carbonyl (C=O) groups is 3. The summed E-state index contributed by atoms with van der Waals surface area (Å²) >= 11 is 1.38. The van der Waals surface area contributed by atoms with Gasteiger partial charge in [-0.25, -0.2) is 14.0 Å². The van der Waals surface area contributed by atoms with Gasteiger partial charge in [0.05, 0.1) is 47.9 Å². The molecule has 2 saturated heterocycles. The number of aromatic nitrogens is 1. The number of carboxylic acid groups (broad SMARTS) is 2. The average molecular weight is 679 g/mol. The number of nitrogens with zero attached hydrogens (tertiary/aromatic N) is 5. The number of nitrogens with two attached hydrogens (primary N) is 1. The number of hydrogen-bond acceptors (Lipinski definition) is 10. The van der Waals surface area contributed by atoms with Crippen LogP contribution in [-0.4, -0.2) is 124 Å². The lowest BCUT2D eigenvalue weighted by molar-refractivity contribution is -0.161. The summed E-state index contributed by atoms with van der Waals surface area (Å²) < 4.78 is 22.6. The van der Waals surface area contributed by atoms with Gasteiger partial charge < -0.3 is 50.5 Å². The number of hydrogen-bond donors (Lipinski definition) is 4. The lowest BCUT2D eigenvalue weighted by Gasteiger charge is -2.44. The third-order valence-corrected chi connectivity index (χ3v) is 9.78. The monoisotopic (exact) mass is 678 g/mol. The van der Waals surface area contributed by atoms with Gasteiger partial charge in [0.1, 0.15) is 23.6 Å². The molecule has 0 spiro atoms. The lowest BCUT2D eigenvalue weighted by Crippen LogP contribution is -2.61. The number of ether oxygens (including phenoxy) is 1. The van der Waals surface area contributed by atoms with Crippen molar-refractivity contribution in [3.63, 3.8) is 0 Å². The molecule has 5 heterocycles. The fourth-order valence-electron chi connectivity index (χ4n) is 6.34. The number of aliphatic carboxylic acids is 1. The minimum absolute atomic E-state index is 0. The molecule has 0 bridgehead atoms. The molecular formula is C30H39FN6O9S. The summed E-state index contributed by atoms with van der Waals surface area (Å²) in [4.78, 5) is 57.2. The van der Waals surface area contributed by atoms with Crippen LogP contribution in [0.1, 0.15) is 36.7 Å². The Bertz CT molecular complexity index is 1690. The minimum Gasteiger partial charge on any atom is -0.487 e.